The molecule has 1 amide bonds. The van der Waals surface area contributed by atoms with E-state index in [4.69, 9.17) is 10.5 Å². The first-order valence-electron chi connectivity index (χ1n) is 7.65. The zero-order chi connectivity index (χ0) is 14.3. The van der Waals surface area contributed by atoms with E-state index >= 15 is 0 Å². The van der Waals surface area contributed by atoms with Gasteiger partial charge >= 0.3 is 0 Å². The first-order chi connectivity index (χ1) is 9.04. The minimum Gasteiger partial charge on any atom is -0.382 e. The van der Waals surface area contributed by atoms with E-state index in [1.165, 1.54) is 19.3 Å². The van der Waals surface area contributed by atoms with Crippen LogP contribution < -0.4 is 11.1 Å². The van der Waals surface area contributed by atoms with Gasteiger partial charge in [0.25, 0.3) is 0 Å². The van der Waals surface area contributed by atoms with Crippen molar-refractivity contribution >= 4 is 5.91 Å². The molecule has 1 fully saturated rings. The lowest BCUT2D eigenvalue weighted by Crippen LogP contribution is -2.49. The molecule has 0 aromatic rings. The fourth-order valence-electron chi connectivity index (χ4n) is 2.53. The summed E-state index contributed by atoms with van der Waals surface area (Å²) in [7, 11) is 0. The van der Waals surface area contributed by atoms with E-state index in [0.717, 1.165) is 32.6 Å². The predicted octanol–water partition coefficient (Wildman–Crippen LogP) is 2.07. The molecule has 0 spiro atoms. The SMILES string of the molecule is CCOCCC1(CNC(=O)C(N)C(C)CC)CCC1. The highest BCUT2D eigenvalue weighted by Gasteiger charge is 2.37. The summed E-state index contributed by atoms with van der Waals surface area (Å²) in [6, 6.07) is -0.381. The fraction of sp³-hybridized carbons (Fsp3) is 0.933. The van der Waals surface area contributed by atoms with E-state index in [9.17, 15) is 4.79 Å². The van der Waals surface area contributed by atoms with Crippen LogP contribution in [0.1, 0.15) is 52.9 Å². The van der Waals surface area contributed by atoms with Crippen LogP contribution in [0, 0.1) is 11.3 Å². The molecule has 0 aliphatic heterocycles. The van der Waals surface area contributed by atoms with Gasteiger partial charge in [0.2, 0.25) is 5.91 Å². The molecule has 0 aromatic carbocycles. The summed E-state index contributed by atoms with van der Waals surface area (Å²) in [5.41, 5.74) is 6.21. The monoisotopic (exact) mass is 270 g/mol. The van der Waals surface area contributed by atoms with Crippen molar-refractivity contribution in [3.63, 3.8) is 0 Å². The maximum absolute atomic E-state index is 12.0. The number of amides is 1. The molecule has 4 heteroatoms. The number of carbonyl (C=O) groups excluding carboxylic acids is 1. The third kappa shape index (κ3) is 4.77. The first kappa shape index (κ1) is 16.4. The number of ether oxygens (including phenoxy) is 1. The number of hydrogen-bond donors (Lipinski definition) is 2. The fourth-order valence-corrected chi connectivity index (χ4v) is 2.53. The lowest BCUT2D eigenvalue weighted by molar-refractivity contribution is -0.124. The molecule has 3 N–H and O–H groups in total. The van der Waals surface area contributed by atoms with Crippen molar-refractivity contribution in [2.24, 2.45) is 17.1 Å². The molecule has 4 nitrogen and oxygen atoms in total. The first-order valence-corrected chi connectivity index (χ1v) is 7.65. The predicted molar refractivity (Wildman–Crippen MR) is 77.8 cm³/mol. The van der Waals surface area contributed by atoms with Gasteiger partial charge in [-0.2, -0.15) is 0 Å². The molecule has 0 saturated heterocycles. The highest BCUT2D eigenvalue weighted by atomic mass is 16.5. The van der Waals surface area contributed by atoms with Crippen molar-refractivity contribution < 1.29 is 9.53 Å². The Kier molecular flexibility index (Phi) is 6.80. The van der Waals surface area contributed by atoms with Crippen LogP contribution in [-0.4, -0.2) is 31.7 Å². The molecular weight excluding hydrogens is 240 g/mol. The average molecular weight is 270 g/mol. The minimum absolute atomic E-state index is 0.00275. The average Bonchev–Trinajstić information content (AvgIpc) is 2.38. The Morgan fingerprint density at radius 3 is 2.58 bits per heavy atom. The smallest absolute Gasteiger partial charge is 0.237 e. The van der Waals surface area contributed by atoms with Gasteiger partial charge < -0.3 is 15.8 Å². The van der Waals surface area contributed by atoms with Crippen LogP contribution >= 0.6 is 0 Å². The topological polar surface area (TPSA) is 64.3 Å². The molecule has 0 aromatic heterocycles. The van der Waals surface area contributed by atoms with Crippen molar-refractivity contribution in [2.75, 3.05) is 19.8 Å². The van der Waals surface area contributed by atoms with Crippen LogP contribution in [-0.2, 0) is 9.53 Å². The highest BCUT2D eigenvalue weighted by molar-refractivity contribution is 5.81. The Balaban J connectivity index is 2.34. The summed E-state index contributed by atoms with van der Waals surface area (Å²) in [6.45, 7) is 8.42. The normalized spacial score (nSPS) is 20.4. The quantitative estimate of drug-likeness (QED) is 0.630. The van der Waals surface area contributed by atoms with E-state index in [1.54, 1.807) is 0 Å². The summed E-state index contributed by atoms with van der Waals surface area (Å²) in [6.07, 6.45) is 5.63. The molecule has 2 unspecified atom stereocenters. The molecule has 1 aliphatic rings. The summed E-state index contributed by atoms with van der Waals surface area (Å²) in [5.74, 6) is 0.234. The van der Waals surface area contributed by atoms with Crippen molar-refractivity contribution in [3.8, 4) is 0 Å². The molecule has 0 heterocycles. The third-order valence-electron chi connectivity index (χ3n) is 4.59. The maximum atomic E-state index is 12.0. The minimum atomic E-state index is -0.381. The van der Waals surface area contributed by atoms with Crippen molar-refractivity contribution in [2.45, 2.75) is 58.9 Å². The van der Waals surface area contributed by atoms with Crippen LogP contribution in [0.5, 0.6) is 0 Å². The number of nitrogens with two attached hydrogens (primary N) is 1. The van der Waals surface area contributed by atoms with Gasteiger partial charge in [0.1, 0.15) is 0 Å². The van der Waals surface area contributed by atoms with Crippen molar-refractivity contribution in [1.29, 1.82) is 0 Å². The Morgan fingerprint density at radius 2 is 2.11 bits per heavy atom. The lowest BCUT2D eigenvalue weighted by atomic mass is 9.66. The van der Waals surface area contributed by atoms with Crippen molar-refractivity contribution in [1.82, 2.24) is 5.32 Å². The molecule has 1 saturated carbocycles. The van der Waals surface area contributed by atoms with E-state index in [2.05, 4.69) is 12.2 Å². The molecule has 2 atom stereocenters. The Hall–Kier alpha value is -0.610. The van der Waals surface area contributed by atoms with Crippen LogP contribution in [0.25, 0.3) is 0 Å². The number of rotatable bonds is 9. The molecule has 0 bridgehead atoms. The number of carbonyl (C=O) groups is 1. The van der Waals surface area contributed by atoms with E-state index < -0.39 is 0 Å². The molecule has 0 radical (unpaired) electrons. The lowest BCUT2D eigenvalue weighted by Gasteiger charge is -2.42. The molecule has 1 rings (SSSR count). The second-order valence-corrected chi connectivity index (χ2v) is 5.93. The Morgan fingerprint density at radius 1 is 1.42 bits per heavy atom. The summed E-state index contributed by atoms with van der Waals surface area (Å²) < 4.78 is 5.44. The largest absolute Gasteiger partial charge is 0.382 e. The van der Waals surface area contributed by atoms with Gasteiger partial charge in [0.15, 0.2) is 0 Å². The third-order valence-corrected chi connectivity index (χ3v) is 4.59. The van der Waals surface area contributed by atoms with Gasteiger partial charge in [0, 0.05) is 19.8 Å². The van der Waals surface area contributed by atoms with Crippen LogP contribution in [0.3, 0.4) is 0 Å². The van der Waals surface area contributed by atoms with Gasteiger partial charge in [-0.3, -0.25) is 4.79 Å². The maximum Gasteiger partial charge on any atom is 0.237 e. The molecule has 19 heavy (non-hydrogen) atoms. The summed E-state index contributed by atoms with van der Waals surface area (Å²) in [5, 5.41) is 3.05. The standard InChI is InChI=1S/C15H30N2O2/c1-4-12(3)13(16)14(18)17-11-15(7-6-8-15)9-10-19-5-2/h12-13H,4-11,16H2,1-3H3,(H,17,18). The second-order valence-electron chi connectivity index (χ2n) is 5.93. The van der Waals surface area contributed by atoms with Crippen molar-refractivity contribution in [3.05, 3.63) is 0 Å². The van der Waals surface area contributed by atoms with Gasteiger partial charge in [-0.05, 0) is 37.5 Å². The van der Waals surface area contributed by atoms with Gasteiger partial charge in [-0.1, -0.05) is 26.7 Å². The molecule has 112 valence electrons. The molecular formula is C15H30N2O2. The molecule has 1 aliphatic carbocycles. The summed E-state index contributed by atoms with van der Waals surface area (Å²) in [4.78, 5) is 12.0. The van der Waals surface area contributed by atoms with Crippen LogP contribution in [0.4, 0.5) is 0 Å². The zero-order valence-electron chi connectivity index (χ0n) is 12.7. The van der Waals surface area contributed by atoms with Gasteiger partial charge in [-0.25, -0.2) is 0 Å². The Bertz CT molecular complexity index is 277. The zero-order valence-corrected chi connectivity index (χ0v) is 12.7. The van der Waals surface area contributed by atoms with Gasteiger partial charge in [-0.15, -0.1) is 0 Å². The Labute approximate surface area is 117 Å². The number of hydrogen-bond acceptors (Lipinski definition) is 3. The van der Waals surface area contributed by atoms with Crippen LogP contribution in [0.15, 0.2) is 0 Å². The van der Waals surface area contributed by atoms with E-state index in [-0.39, 0.29) is 23.3 Å². The highest BCUT2D eigenvalue weighted by Crippen LogP contribution is 2.43. The summed E-state index contributed by atoms with van der Waals surface area (Å²) >= 11 is 0. The number of nitrogens with one attached hydrogen (secondary N) is 1. The van der Waals surface area contributed by atoms with E-state index in [1.807, 2.05) is 13.8 Å². The van der Waals surface area contributed by atoms with E-state index in [0.29, 0.717) is 0 Å². The second kappa shape index (κ2) is 7.85. The van der Waals surface area contributed by atoms with Crippen LogP contribution in [0.2, 0.25) is 0 Å². The van der Waals surface area contributed by atoms with Gasteiger partial charge in [0.05, 0.1) is 6.04 Å².